The average molecular weight is 469 g/mol. The molecule has 1 aliphatic rings. The Morgan fingerprint density at radius 2 is 1.65 bits per heavy atom. The van der Waals surface area contributed by atoms with Gasteiger partial charge in [-0.3, -0.25) is 4.79 Å². The van der Waals surface area contributed by atoms with Gasteiger partial charge in [0.15, 0.2) is 0 Å². The largest absolute Gasteiger partial charge is 0.416 e. The summed E-state index contributed by atoms with van der Waals surface area (Å²) >= 11 is 0. The standard InChI is InChI=1S/C24H22F3N5O2/c1-23(31-22(34)30-19-7-5-18(6-8-19)24(25,26)27)11-2-12-32(21(23)33)20-9-3-16(4-10-20)17-13-28-15-29-14-17/h3-10,13-15H,2,11-12H2,1H3,(H2,30,31,34)/t23-/m0/s1. The zero-order valence-corrected chi connectivity index (χ0v) is 18.3. The Morgan fingerprint density at radius 3 is 2.26 bits per heavy atom. The van der Waals surface area contributed by atoms with Crippen molar-refractivity contribution in [2.45, 2.75) is 31.5 Å². The molecule has 0 unspecified atom stereocenters. The monoisotopic (exact) mass is 469 g/mol. The molecule has 1 saturated heterocycles. The van der Waals surface area contributed by atoms with Gasteiger partial charge in [-0.25, -0.2) is 14.8 Å². The summed E-state index contributed by atoms with van der Waals surface area (Å²) in [6, 6.07) is 10.8. The number of amides is 3. The van der Waals surface area contributed by atoms with Crippen LogP contribution in [0.4, 0.5) is 29.3 Å². The van der Waals surface area contributed by atoms with E-state index in [0.29, 0.717) is 25.1 Å². The van der Waals surface area contributed by atoms with Gasteiger partial charge >= 0.3 is 12.2 Å². The summed E-state index contributed by atoms with van der Waals surface area (Å²) in [6.45, 7) is 2.15. The normalized spacial score (nSPS) is 18.5. The molecule has 3 amide bonds. The molecule has 1 aromatic heterocycles. The second-order valence-electron chi connectivity index (χ2n) is 8.22. The van der Waals surface area contributed by atoms with E-state index in [4.69, 9.17) is 0 Å². The number of nitrogens with one attached hydrogen (secondary N) is 2. The molecular weight excluding hydrogens is 447 g/mol. The van der Waals surface area contributed by atoms with Gasteiger partial charge in [0.2, 0.25) is 0 Å². The molecule has 0 spiro atoms. The summed E-state index contributed by atoms with van der Waals surface area (Å²) in [7, 11) is 0. The number of halogens is 3. The van der Waals surface area contributed by atoms with Crippen molar-refractivity contribution in [2.75, 3.05) is 16.8 Å². The maximum Gasteiger partial charge on any atom is 0.416 e. The average Bonchev–Trinajstić information content (AvgIpc) is 2.81. The number of urea groups is 1. The van der Waals surface area contributed by atoms with Crippen molar-refractivity contribution < 1.29 is 22.8 Å². The first-order valence-electron chi connectivity index (χ1n) is 10.6. The van der Waals surface area contributed by atoms with Crippen LogP contribution in [0.1, 0.15) is 25.3 Å². The molecule has 34 heavy (non-hydrogen) atoms. The van der Waals surface area contributed by atoms with Crippen LogP contribution >= 0.6 is 0 Å². The SMILES string of the molecule is C[C@]1(NC(=O)Nc2ccc(C(F)(F)F)cc2)CCCN(c2ccc(-c3cncnc3)cc2)C1=O. The highest BCUT2D eigenvalue weighted by molar-refractivity contribution is 6.04. The Balaban J connectivity index is 1.43. The summed E-state index contributed by atoms with van der Waals surface area (Å²) in [4.78, 5) is 35.4. The Morgan fingerprint density at radius 1 is 1.00 bits per heavy atom. The lowest BCUT2D eigenvalue weighted by Crippen LogP contribution is -2.61. The number of carbonyl (C=O) groups excluding carboxylic acids is 2. The Kier molecular flexibility index (Phi) is 6.23. The Hall–Kier alpha value is -3.95. The number of anilines is 2. The third kappa shape index (κ3) is 5.00. The molecule has 0 bridgehead atoms. The third-order valence-electron chi connectivity index (χ3n) is 5.71. The molecule has 2 aromatic carbocycles. The summed E-state index contributed by atoms with van der Waals surface area (Å²) < 4.78 is 38.2. The van der Waals surface area contributed by atoms with E-state index in [1.54, 1.807) is 24.2 Å². The minimum Gasteiger partial charge on any atom is -0.324 e. The van der Waals surface area contributed by atoms with Crippen LogP contribution in [0.5, 0.6) is 0 Å². The number of nitrogens with zero attached hydrogens (tertiary/aromatic N) is 3. The highest BCUT2D eigenvalue weighted by atomic mass is 19.4. The van der Waals surface area contributed by atoms with Crippen LogP contribution < -0.4 is 15.5 Å². The molecule has 176 valence electrons. The molecule has 3 aromatic rings. The van der Waals surface area contributed by atoms with E-state index in [9.17, 15) is 22.8 Å². The fraction of sp³-hybridized carbons (Fsp3) is 0.250. The topological polar surface area (TPSA) is 87.2 Å². The number of benzene rings is 2. The van der Waals surface area contributed by atoms with Crippen LogP contribution in [0.25, 0.3) is 11.1 Å². The lowest BCUT2D eigenvalue weighted by Gasteiger charge is -2.39. The first-order chi connectivity index (χ1) is 16.2. The van der Waals surface area contributed by atoms with Crippen LogP contribution in [0.2, 0.25) is 0 Å². The van der Waals surface area contributed by atoms with Gasteiger partial charge in [0, 0.05) is 35.9 Å². The zero-order chi connectivity index (χ0) is 24.3. The molecule has 1 aliphatic heterocycles. The Bertz CT molecular complexity index is 1170. The molecule has 0 saturated carbocycles. The van der Waals surface area contributed by atoms with Crippen LogP contribution in [0.3, 0.4) is 0 Å². The van der Waals surface area contributed by atoms with Gasteiger partial charge in [-0.05, 0) is 61.7 Å². The third-order valence-corrected chi connectivity index (χ3v) is 5.71. The van der Waals surface area contributed by atoms with E-state index in [0.717, 1.165) is 23.3 Å². The molecule has 0 radical (unpaired) electrons. The smallest absolute Gasteiger partial charge is 0.324 e. The van der Waals surface area contributed by atoms with Gasteiger partial charge in [0.05, 0.1) is 5.56 Å². The fourth-order valence-electron chi connectivity index (χ4n) is 3.90. The van der Waals surface area contributed by atoms with E-state index >= 15 is 0 Å². The first kappa shape index (κ1) is 23.2. The number of hydrogen-bond acceptors (Lipinski definition) is 4. The minimum atomic E-state index is -4.46. The van der Waals surface area contributed by atoms with Crippen LogP contribution in [0, 0.1) is 0 Å². The molecular formula is C24H22F3N5O2. The van der Waals surface area contributed by atoms with Gasteiger partial charge in [0.25, 0.3) is 5.91 Å². The summed E-state index contributed by atoms with van der Waals surface area (Å²) in [6.07, 6.45) is 1.49. The second-order valence-corrected chi connectivity index (χ2v) is 8.22. The van der Waals surface area contributed by atoms with Crippen LogP contribution in [-0.4, -0.2) is 34.0 Å². The summed E-state index contributed by atoms with van der Waals surface area (Å²) in [5.74, 6) is -0.267. The molecule has 2 heterocycles. The van der Waals surface area contributed by atoms with Crippen molar-refractivity contribution in [1.29, 1.82) is 0 Å². The van der Waals surface area contributed by atoms with Crippen molar-refractivity contribution >= 4 is 23.3 Å². The number of alkyl halides is 3. The molecule has 1 atom stereocenters. The van der Waals surface area contributed by atoms with E-state index in [1.165, 1.54) is 18.5 Å². The second kappa shape index (κ2) is 9.12. The number of aromatic nitrogens is 2. The molecule has 2 N–H and O–H groups in total. The highest BCUT2D eigenvalue weighted by Gasteiger charge is 2.41. The fourth-order valence-corrected chi connectivity index (χ4v) is 3.90. The van der Waals surface area contributed by atoms with Gasteiger partial charge in [-0.2, -0.15) is 13.2 Å². The Labute approximate surface area is 194 Å². The molecule has 7 nitrogen and oxygen atoms in total. The van der Waals surface area contributed by atoms with E-state index in [-0.39, 0.29) is 11.6 Å². The number of rotatable bonds is 4. The number of hydrogen-bond donors (Lipinski definition) is 2. The predicted molar refractivity (Wildman–Crippen MR) is 121 cm³/mol. The minimum absolute atomic E-state index is 0.190. The molecule has 10 heteroatoms. The van der Waals surface area contributed by atoms with Gasteiger partial charge in [-0.1, -0.05) is 12.1 Å². The molecule has 1 fully saturated rings. The molecule has 4 rings (SSSR count). The van der Waals surface area contributed by atoms with Gasteiger partial charge in [0.1, 0.15) is 11.9 Å². The lowest BCUT2D eigenvalue weighted by atomic mass is 9.89. The predicted octanol–water partition coefficient (Wildman–Crippen LogP) is 4.87. The maximum atomic E-state index is 13.3. The zero-order valence-electron chi connectivity index (χ0n) is 18.3. The van der Waals surface area contributed by atoms with Crippen LogP contribution in [0.15, 0.2) is 67.3 Å². The first-order valence-corrected chi connectivity index (χ1v) is 10.6. The number of carbonyl (C=O) groups is 2. The van der Waals surface area contributed by atoms with Crippen molar-refractivity contribution in [3.63, 3.8) is 0 Å². The van der Waals surface area contributed by atoms with Gasteiger partial charge in [-0.15, -0.1) is 0 Å². The number of piperidine rings is 1. The highest BCUT2D eigenvalue weighted by Crippen LogP contribution is 2.31. The van der Waals surface area contributed by atoms with Crippen molar-refractivity contribution in [1.82, 2.24) is 15.3 Å². The van der Waals surface area contributed by atoms with E-state index in [2.05, 4.69) is 20.6 Å². The van der Waals surface area contributed by atoms with Gasteiger partial charge < -0.3 is 15.5 Å². The van der Waals surface area contributed by atoms with Crippen LogP contribution in [-0.2, 0) is 11.0 Å². The molecule has 0 aliphatic carbocycles. The van der Waals surface area contributed by atoms with E-state index in [1.807, 2.05) is 24.3 Å². The van der Waals surface area contributed by atoms with E-state index < -0.39 is 23.3 Å². The lowest BCUT2D eigenvalue weighted by molar-refractivity contribution is -0.137. The van der Waals surface area contributed by atoms with Crippen molar-refractivity contribution in [3.8, 4) is 11.1 Å². The summed E-state index contributed by atoms with van der Waals surface area (Å²) in [5.41, 5.74) is 0.668. The quantitative estimate of drug-likeness (QED) is 0.571. The summed E-state index contributed by atoms with van der Waals surface area (Å²) in [5, 5.41) is 5.19. The maximum absolute atomic E-state index is 13.3. The van der Waals surface area contributed by atoms with Crippen molar-refractivity contribution in [2.24, 2.45) is 0 Å². The van der Waals surface area contributed by atoms with Crippen molar-refractivity contribution in [3.05, 3.63) is 72.8 Å².